The molecule has 2 heteroatoms. The lowest BCUT2D eigenvalue weighted by Gasteiger charge is -2.34. The Morgan fingerprint density at radius 1 is 0.500 bits per heavy atom. The molecule has 1 aliphatic carbocycles. The smallest absolute Gasteiger partial charge is 0.143 e. The quantitative estimate of drug-likeness (QED) is 0.127. The lowest BCUT2D eigenvalue weighted by atomic mass is 9.84. The molecule has 334 valence electrons. The highest BCUT2D eigenvalue weighted by molar-refractivity contribution is 6.13. The molecule has 0 spiro atoms. The minimum atomic E-state index is 0.688. The van der Waals surface area contributed by atoms with Gasteiger partial charge in [-0.2, -0.15) is 0 Å². The molecule has 9 aromatic carbocycles. The topological polar surface area (TPSA) is 16.4 Å². The van der Waals surface area contributed by atoms with Gasteiger partial charge in [0.15, 0.2) is 0 Å². The van der Waals surface area contributed by atoms with Gasteiger partial charge in [0.2, 0.25) is 0 Å². The summed E-state index contributed by atoms with van der Waals surface area (Å²) in [4.78, 5) is 2.55. The maximum atomic E-state index is 6.86. The van der Waals surface area contributed by atoms with E-state index in [1.54, 1.807) is 0 Å². The van der Waals surface area contributed by atoms with Crippen molar-refractivity contribution in [2.24, 2.45) is 0 Å². The summed E-state index contributed by atoms with van der Waals surface area (Å²) in [6.45, 7) is 8.65. The van der Waals surface area contributed by atoms with Crippen molar-refractivity contribution < 1.29 is 4.42 Å². The predicted molar refractivity (Wildman–Crippen MR) is 299 cm³/mol. The number of benzene rings is 9. The van der Waals surface area contributed by atoms with Crippen LogP contribution in [0.1, 0.15) is 16.7 Å². The number of hydrogen-bond acceptors (Lipinski definition) is 2. The molecule has 10 aromatic rings. The van der Waals surface area contributed by atoms with E-state index < -0.39 is 0 Å². The Hall–Kier alpha value is -8.98. The van der Waals surface area contributed by atoms with Crippen molar-refractivity contribution in [1.82, 2.24) is 0 Å². The van der Waals surface area contributed by atoms with Gasteiger partial charge in [0.25, 0.3) is 0 Å². The number of para-hydroxylation sites is 2. The number of anilines is 3. The van der Waals surface area contributed by atoms with Gasteiger partial charge in [-0.1, -0.05) is 238 Å². The molecule has 2 nitrogen and oxygen atoms in total. The van der Waals surface area contributed by atoms with Crippen LogP contribution in [-0.4, -0.2) is 0 Å². The van der Waals surface area contributed by atoms with E-state index in [1.807, 2.05) is 24.3 Å². The van der Waals surface area contributed by atoms with Gasteiger partial charge in [-0.25, -0.2) is 0 Å². The van der Waals surface area contributed by atoms with Gasteiger partial charge in [-0.15, -0.1) is 0 Å². The zero-order chi connectivity index (χ0) is 47.2. The van der Waals surface area contributed by atoms with E-state index >= 15 is 0 Å². The Morgan fingerprint density at radius 2 is 1.14 bits per heavy atom. The highest BCUT2D eigenvalue weighted by Crippen LogP contribution is 2.52. The molecule has 1 aromatic heterocycles. The van der Waals surface area contributed by atoms with Crippen molar-refractivity contribution in [1.29, 1.82) is 0 Å². The molecule has 0 unspecified atom stereocenters. The summed E-state index contributed by atoms with van der Waals surface area (Å²) >= 11 is 0. The first-order valence-corrected chi connectivity index (χ1v) is 24.0. The maximum Gasteiger partial charge on any atom is 0.143 e. The molecular weight excluding hydrogens is 847 g/mol. The van der Waals surface area contributed by atoms with Crippen molar-refractivity contribution in [2.75, 3.05) is 4.90 Å². The average Bonchev–Trinajstić information content (AvgIpc) is 3.80. The van der Waals surface area contributed by atoms with Crippen LogP contribution in [-0.2, 0) is 12.8 Å². The molecule has 70 heavy (non-hydrogen) atoms. The summed E-state index contributed by atoms with van der Waals surface area (Å²) in [5.41, 5.74) is 20.3. The van der Waals surface area contributed by atoms with Crippen LogP contribution < -0.4 is 4.90 Å². The summed E-state index contributed by atoms with van der Waals surface area (Å²) in [5.74, 6) is 0. The molecule has 0 radical (unpaired) electrons. The SMILES string of the molecule is C=C/C=C\C=C/Cc1cccc(-c2ccccc2)c1N(c1cc(-c2ccccc2)cc(-c2ccccc2)c1)c1cccc2c1-c1ccccc1C/C=C\C=C/C(=C)c1c-2ccc2c1oc1ccccc12. The number of allylic oxidation sites excluding steroid dienone is 10. The summed E-state index contributed by atoms with van der Waals surface area (Å²) in [5, 5.41) is 2.15. The van der Waals surface area contributed by atoms with Gasteiger partial charge in [-0.05, 0) is 110 Å². The minimum absolute atomic E-state index is 0.688. The fraction of sp³-hybridized carbons (Fsp3) is 0.0294. The number of rotatable bonds is 10. The second kappa shape index (κ2) is 19.7. The van der Waals surface area contributed by atoms with Crippen LogP contribution in [0, 0.1) is 0 Å². The van der Waals surface area contributed by atoms with Gasteiger partial charge in [-0.3, -0.25) is 0 Å². The first-order chi connectivity index (χ1) is 34.6. The third-order valence-corrected chi connectivity index (χ3v) is 13.3. The number of furan rings is 1. The molecule has 0 saturated heterocycles. The van der Waals surface area contributed by atoms with Crippen LogP contribution in [0.15, 0.2) is 279 Å². The Balaban J connectivity index is 1.30. The Kier molecular flexibility index (Phi) is 12.3. The number of nitrogens with zero attached hydrogens (tertiary/aromatic N) is 1. The molecule has 11 rings (SSSR count). The average molecular weight is 898 g/mol. The molecule has 0 atom stereocenters. The second-order valence-corrected chi connectivity index (χ2v) is 17.6. The predicted octanol–water partition coefficient (Wildman–Crippen LogP) is 18.9. The molecule has 0 aliphatic heterocycles. The van der Waals surface area contributed by atoms with E-state index in [9.17, 15) is 0 Å². The minimum Gasteiger partial charge on any atom is -0.455 e. The zero-order valence-corrected chi connectivity index (χ0v) is 39.0. The lowest BCUT2D eigenvalue weighted by Crippen LogP contribution is -2.16. The van der Waals surface area contributed by atoms with E-state index in [0.717, 1.165) is 112 Å². The van der Waals surface area contributed by atoms with Crippen LogP contribution >= 0.6 is 0 Å². The van der Waals surface area contributed by atoms with Gasteiger partial charge in [0.05, 0.1) is 11.4 Å². The van der Waals surface area contributed by atoms with Crippen LogP contribution in [0.3, 0.4) is 0 Å². The maximum absolute atomic E-state index is 6.86. The number of hydrogen-bond donors (Lipinski definition) is 0. The van der Waals surface area contributed by atoms with Crippen molar-refractivity contribution in [3.8, 4) is 55.6 Å². The second-order valence-electron chi connectivity index (χ2n) is 17.6. The van der Waals surface area contributed by atoms with Gasteiger partial charge >= 0.3 is 0 Å². The molecule has 1 aliphatic rings. The van der Waals surface area contributed by atoms with E-state index in [-0.39, 0.29) is 0 Å². The van der Waals surface area contributed by atoms with Crippen molar-refractivity contribution in [3.63, 3.8) is 0 Å². The van der Waals surface area contributed by atoms with Gasteiger partial charge < -0.3 is 9.32 Å². The van der Waals surface area contributed by atoms with Crippen molar-refractivity contribution >= 4 is 44.6 Å². The van der Waals surface area contributed by atoms with Crippen LogP contribution in [0.5, 0.6) is 0 Å². The molecule has 1 heterocycles. The molecular formula is C68H51NO. The summed E-state index contributed by atoms with van der Waals surface area (Å²) in [7, 11) is 0. The zero-order valence-electron chi connectivity index (χ0n) is 39.0. The third kappa shape index (κ3) is 8.49. The molecule has 0 amide bonds. The summed E-state index contributed by atoms with van der Waals surface area (Å²) in [6, 6.07) is 74.7. The molecule has 0 bridgehead atoms. The monoisotopic (exact) mass is 897 g/mol. The molecule has 0 N–H and O–H groups in total. The van der Waals surface area contributed by atoms with Crippen LogP contribution in [0.25, 0.3) is 83.1 Å². The largest absolute Gasteiger partial charge is 0.455 e. The highest BCUT2D eigenvalue weighted by atomic mass is 16.3. The van der Waals surface area contributed by atoms with Gasteiger partial charge in [0, 0.05) is 33.2 Å². The first kappa shape index (κ1) is 43.6. The van der Waals surface area contributed by atoms with Gasteiger partial charge in [0.1, 0.15) is 11.2 Å². The number of fused-ring (bicyclic) bond motifs is 9. The first-order valence-electron chi connectivity index (χ1n) is 24.0. The van der Waals surface area contributed by atoms with E-state index in [4.69, 9.17) is 11.0 Å². The third-order valence-electron chi connectivity index (χ3n) is 13.3. The fourth-order valence-electron chi connectivity index (χ4n) is 10.0. The fourth-order valence-corrected chi connectivity index (χ4v) is 10.0. The Bertz CT molecular complexity index is 3620. The van der Waals surface area contributed by atoms with Crippen LogP contribution in [0.4, 0.5) is 17.1 Å². The van der Waals surface area contributed by atoms with Crippen molar-refractivity contribution in [2.45, 2.75) is 12.8 Å². The highest BCUT2D eigenvalue weighted by Gasteiger charge is 2.28. The van der Waals surface area contributed by atoms with E-state index in [1.165, 1.54) is 11.1 Å². The van der Waals surface area contributed by atoms with Crippen LogP contribution in [0.2, 0.25) is 0 Å². The van der Waals surface area contributed by atoms with Crippen molar-refractivity contribution in [3.05, 3.63) is 291 Å². The lowest BCUT2D eigenvalue weighted by molar-refractivity contribution is 0.668. The Morgan fingerprint density at radius 3 is 1.90 bits per heavy atom. The van der Waals surface area contributed by atoms with E-state index in [2.05, 4.69) is 248 Å². The molecule has 0 fully saturated rings. The molecule has 0 saturated carbocycles. The summed E-state index contributed by atoms with van der Waals surface area (Å²) in [6.07, 6.45) is 20.2. The van der Waals surface area contributed by atoms with E-state index in [0.29, 0.717) is 6.42 Å². The Labute approximate surface area is 411 Å². The summed E-state index contributed by atoms with van der Waals surface area (Å²) < 4.78 is 6.86. The normalized spacial score (nSPS) is 13.3. The standard InChI is InChI=1S/C68H51NO/c1-3-4-5-6-12-35-53-36-24-39-58(52-32-18-10-19-33-52)67(53)69(56-46-54(49-27-13-8-14-28-49)45-55(47-56)50-29-15-9-16-30-50)63-41-25-40-60-61-43-44-62-59-38-22-23-42-64(59)70-68(62)65(61)48(2)26-11-7-17-31-51-34-20-21-37-57(51)66(60)63/h3-30,32-34,36-47H,1-2,31,35H2/b5-4-,12-6-,17-7-,26-11-.